The van der Waals surface area contributed by atoms with E-state index >= 15 is 0 Å². The van der Waals surface area contributed by atoms with Crippen molar-refractivity contribution in [3.8, 4) is 5.75 Å². The molecule has 1 aromatic carbocycles. The Morgan fingerprint density at radius 2 is 1.79 bits per heavy atom. The molecule has 0 unspecified atom stereocenters. The van der Waals surface area contributed by atoms with E-state index in [0.717, 1.165) is 12.1 Å². The Morgan fingerprint density at radius 3 is 2.29 bits per heavy atom. The molecule has 1 N–H and O–H groups in total. The van der Waals surface area contributed by atoms with Gasteiger partial charge in [-0.1, -0.05) is 0 Å². The summed E-state index contributed by atoms with van der Waals surface area (Å²) in [7, 11) is -2.03. The number of sulfone groups is 1. The van der Waals surface area contributed by atoms with Gasteiger partial charge in [0.1, 0.15) is 18.1 Å². The van der Waals surface area contributed by atoms with E-state index in [1.807, 2.05) is 0 Å². The van der Waals surface area contributed by atoms with Crippen LogP contribution in [0.5, 0.6) is 5.75 Å². The van der Waals surface area contributed by atoms with Crippen molar-refractivity contribution >= 4 is 15.8 Å². The van der Waals surface area contributed by atoms with E-state index in [1.54, 1.807) is 11.9 Å². The van der Waals surface area contributed by atoms with Gasteiger partial charge in [0, 0.05) is 13.1 Å². The molecule has 0 saturated carbocycles. The highest BCUT2D eigenvalue weighted by Crippen LogP contribution is 2.30. The van der Waals surface area contributed by atoms with Crippen LogP contribution in [0.15, 0.2) is 24.3 Å². The number of carboxylic acid groups (broad SMARTS) is 1. The fourth-order valence-corrected chi connectivity index (χ4v) is 2.84. The van der Waals surface area contributed by atoms with Crippen molar-refractivity contribution in [2.24, 2.45) is 0 Å². The lowest BCUT2D eigenvalue weighted by Gasteiger charge is -2.17. The number of carbonyl (C=O) groups is 1. The topological polar surface area (TPSA) is 83.9 Å². The zero-order chi connectivity index (χ0) is 18.4. The summed E-state index contributed by atoms with van der Waals surface area (Å²) in [4.78, 5) is 12.0. The second kappa shape index (κ2) is 8.34. The first kappa shape index (κ1) is 20.2. The summed E-state index contributed by atoms with van der Waals surface area (Å²) in [5, 5.41) is 8.47. The summed E-state index contributed by atoms with van der Waals surface area (Å²) in [6.45, 7) is 0.621. The molecule has 10 heteroatoms. The van der Waals surface area contributed by atoms with Gasteiger partial charge in [-0.05, 0) is 31.3 Å². The molecule has 0 aliphatic carbocycles. The maximum absolute atomic E-state index is 12.4. The maximum atomic E-state index is 12.4. The van der Waals surface area contributed by atoms with Gasteiger partial charge in [0.25, 0.3) is 0 Å². The molecular formula is C14H18F3NO5S. The van der Waals surface area contributed by atoms with Crippen LogP contribution in [0.2, 0.25) is 0 Å². The quantitative estimate of drug-likeness (QED) is 0.711. The Labute approximate surface area is 137 Å². The van der Waals surface area contributed by atoms with E-state index in [2.05, 4.69) is 0 Å². The molecule has 1 aromatic rings. The second-order valence-corrected chi connectivity index (χ2v) is 7.34. The van der Waals surface area contributed by atoms with Crippen molar-refractivity contribution < 1.29 is 36.2 Å². The van der Waals surface area contributed by atoms with Crippen molar-refractivity contribution in [3.63, 3.8) is 0 Å². The monoisotopic (exact) mass is 369 g/mol. The van der Waals surface area contributed by atoms with E-state index in [4.69, 9.17) is 9.84 Å². The molecule has 0 aliphatic heterocycles. The highest BCUT2D eigenvalue weighted by Gasteiger charge is 2.30. The van der Waals surface area contributed by atoms with Gasteiger partial charge in [-0.15, -0.1) is 0 Å². The van der Waals surface area contributed by atoms with Crippen molar-refractivity contribution in [1.29, 1.82) is 0 Å². The van der Waals surface area contributed by atoms with E-state index in [0.29, 0.717) is 6.54 Å². The van der Waals surface area contributed by atoms with Gasteiger partial charge in [0.2, 0.25) is 0 Å². The van der Waals surface area contributed by atoms with E-state index in [1.165, 1.54) is 12.1 Å². The first-order valence-corrected chi connectivity index (χ1v) is 8.72. The average Bonchev–Trinajstić information content (AvgIpc) is 2.43. The number of likely N-dealkylation sites (N-methyl/N-ethyl adjacent to an activating group) is 1. The van der Waals surface area contributed by atoms with Crippen LogP contribution in [-0.4, -0.2) is 62.6 Å². The molecule has 0 aromatic heterocycles. The second-order valence-electron chi connectivity index (χ2n) is 5.16. The summed E-state index contributed by atoms with van der Waals surface area (Å²) >= 11 is 0. The van der Waals surface area contributed by atoms with Gasteiger partial charge >= 0.3 is 12.1 Å². The molecule has 0 fully saturated rings. The minimum atomic E-state index is -4.40. The Morgan fingerprint density at radius 1 is 1.21 bits per heavy atom. The SMILES string of the molecule is CN(CCOc1ccc(C(F)(F)F)cc1)CCS(=O)(=O)CC(=O)O. The zero-order valence-electron chi connectivity index (χ0n) is 12.9. The molecule has 0 bridgehead atoms. The van der Waals surface area contributed by atoms with Gasteiger partial charge in [0.15, 0.2) is 9.84 Å². The highest BCUT2D eigenvalue weighted by atomic mass is 32.2. The van der Waals surface area contributed by atoms with Gasteiger partial charge in [-0.3, -0.25) is 4.79 Å². The smallest absolute Gasteiger partial charge is 0.416 e. The number of alkyl halides is 3. The molecule has 6 nitrogen and oxygen atoms in total. The number of halogens is 3. The minimum Gasteiger partial charge on any atom is -0.492 e. The fraction of sp³-hybridized carbons (Fsp3) is 0.500. The Balaban J connectivity index is 2.35. The summed E-state index contributed by atoms with van der Waals surface area (Å²) in [5.74, 6) is -2.34. The molecule has 0 spiro atoms. The van der Waals surface area contributed by atoms with E-state index < -0.39 is 33.3 Å². The number of carboxylic acids is 1. The largest absolute Gasteiger partial charge is 0.492 e. The van der Waals surface area contributed by atoms with Crippen molar-refractivity contribution in [2.45, 2.75) is 6.18 Å². The van der Waals surface area contributed by atoms with Gasteiger partial charge in [-0.2, -0.15) is 13.2 Å². The molecule has 1 rings (SSSR count). The molecule has 0 radical (unpaired) electrons. The number of hydrogen-bond acceptors (Lipinski definition) is 5. The van der Waals surface area contributed by atoms with Crippen LogP contribution >= 0.6 is 0 Å². The number of hydrogen-bond donors (Lipinski definition) is 1. The number of rotatable bonds is 9. The Hall–Kier alpha value is -1.81. The summed E-state index contributed by atoms with van der Waals surface area (Å²) in [6.07, 6.45) is -4.40. The van der Waals surface area contributed by atoms with Crippen LogP contribution < -0.4 is 4.74 Å². The van der Waals surface area contributed by atoms with Crippen LogP contribution in [-0.2, 0) is 20.8 Å². The van der Waals surface area contributed by atoms with Crippen LogP contribution in [0.1, 0.15) is 5.56 Å². The Bertz CT molecular complexity index is 643. The highest BCUT2D eigenvalue weighted by molar-refractivity contribution is 7.92. The molecule has 0 aliphatic rings. The van der Waals surface area contributed by atoms with Gasteiger partial charge < -0.3 is 14.7 Å². The molecular weight excluding hydrogens is 351 g/mol. The summed E-state index contributed by atoms with van der Waals surface area (Å²) < 4.78 is 65.3. The van der Waals surface area contributed by atoms with Gasteiger partial charge in [-0.25, -0.2) is 8.42 Å². The lowest BCUT2D eigenvalue weighted by atomic mass is 10.2. The van der Waals surface area contributed by atoms with Crippen LogP contribution in [0.4, 0.5) is 13.2 Å². The lowest BCUT2D eigenvalue weighted by molar-refractivity contribution is -0.137. The third-order valence-corrected chi connectivity index (χ3v) is 4.54. The average molecular weight is 369 g/mol. The maximum Gasteiger partial charge on any atom is 0.416 e. The summed E-state index contributed by atoms with van der Waals surface area (Å²) in [5.41, 5.74) is -0.768. The molecule has 0 atom stereocenters. The lowest BCUT2D eigenvalue weighted by Crippen LogP contribution is -2.31. The Kier molecular flexibility index (Phi) is 7.03. The predicted molar refractivity (Wildman–Crippen MR) is 80.7 cm³/mol. The molecule has 0 saturated heterocycles. The first-order chi connectivity index (χ1) is 11.0. The molecule has 0 amide bonds. The molecule has 24 heavy (non-hydrogen) atoms. The summed E-state index contributed by atoms with van der Waals surface area (Å²) in [6, 6.07) is 4.25. The minimum absolute atomic E-state index is 0.131. The van der Waals surface area contributed by atoms with Crippen molar-refractivity contribution in [3.05, 3.63) is 29.8 Å². The van der Waals surface area contributed by atoms with Crippen molar-refractivity contribution in [2.75, 3.05) is 38.2 Å². The number of benzene rings is 1. The molecule has 0 heterocycles. The van der Waals surface area contributed by atoms with Gasteiger partial charge in [0.05, 0.1) is 11.3 Å². The normalized spacial score (nSPS) is 12.4. The zero-order valence-corrected chi connectivity index (χ0v) is 13.7. The fourth-order valence-electron chi connectivity index (χ4n) is 1.73. The predicted octanol–water partition coefficient (Wildman–Crippen LogP) is 1.52. The third-order valence-electron chi connectivity index (χ3n) is 3.05. The number of nitrogens with zero attached hydrogens (tertiary/aromatic N) is 1. The third kappa shape index (κ3) is 7.64. The van der Waals surface area contributed by atoms with Crippen LogP contribution in [0, 0.1) is 0 Å². The molecule has 136 valence electrons. The number of ether oxygens (including phenoxy) is 1. The number of aliphatic carboxylic acids is 1. The standard InChI is InChI=1S/C14H18F3NO5S/c1-18(7-9-24(21,22)10-13(19)20)6-8-23-12-4-2-11(3-5-12)14(15,16)17/h2-5H,6-10H2,1H3,(H,19,20). The van der Waals surface area contributed by atoms with Crippen molar-refractivity contribution in [1.82, 2.24) is 4.90 Å². The van der Waals surface area contributed by atoms with E-state index in [-0.39, 0.29) is 24.7 Å². The van der Waals surface area contributed by atoms with Crippen LogP contribution in [0.3, 0.4) is 0 Å². The van der Waals surface area contributed by atoms with Crippen LogP contribution in [0.25, 0.3) is 0 Å². The first-order valence-electron chi connectivity index (χ1n) is 6.90. The van der Waals surface area contributed by atoms with E-state index in [9.17, 15) is 26.4 Å².